The maximum Gasteiger partial charge on any atom is 0.326 e. The van der Waals surface area contributed by atoms with Crippen LogP contribution in [0.1, 0.15) is 39.2 Å². The molecule has 1 heterocycles. The van der Waals surface area contributed by atoms with Gasteiger partial charge in [-0.2, -0.15) is 11.8 Å². The SMILES string of the molecule is CCC(C)C(NC(=O)C(CCSC)NC(=O)C(Cc1c[nH]c2ccccc12)NC(=O)C(N)C(C)O)C(=O)O. The van der Waals surface area contributed by atoms with Crippen LogP contribution in [0.5, 0.6) is 0 Å². The highest BCUT2D eigenvalue weighted by Crippen LogP contribution is 2.19. The molecule has 11 nitrogen and oxygen atoms in total. The zero-order chi connectivity index (χ0) is 28.4. The zero-order valence-corrected chi connectivity index (χ0v) is 23.0. The number of aliphatic hydroxyl groups is 1. The van der Waals surface area contributed by atoms with E-state index in [1.54, 1.807) is 13.1 Å². The number of carboxylic acids is 1. The average molecular weight is 550 g/mol. The van der Waals surface area contributed by atoms with Crippen molar-refractivity contribution in [3.8, 4) is 0 Å². The number of rotatable bonds is 15. The van der Waals surface area contributed by atoms with Gasteiger partial charge in [0, 0.05) is 23.5 Å². The number of benzene rings is 1. The Balaban J connectivity index is 2.30. The molecule has 0 radical (unpaired) electrons. The molecule has 6 atom stereocenters. The summed E-state index contributed by atoms with van der Waals surface area (Å²) in [5, 5.41) is 28.1. The van der Waals surface area contributed by atoms with Gasteiger partial charge < -0.3 is 36.9 Å². The van der Waals surface area contributed by atoms with Crippen molar-refractivity contribution in [1.29, 1.82) is 0 Å². The summed E-state index contributed by atoms with van der Waals surface area (Å²) in [6.45, 7) is 4.93. The number of carbonyl (C=O) groups is 4. The minimum atomic E-state index is -1.25. The van der Waals surface area contributed by atoms with Gasteiger partial charge in [0.2, 0.25) is 17.7 Å². The number of amides is 3. The van der Waals surface area contributed by atoms with Crippen LogP contribution in [-0.4, -0.2) is 81.2 Å². The van der Waals surface area contributed by atoms with Crippen LogP contribution >= 0.6 is 11.8 Å². The lowest BCUT2D eigenvalue weighted by molar-refractivity contribution is -0.143. The molecular weight excluding hydrogens is 510 g/mol. The van der Waals surface area contributed by atoms with Crippen molar-refractivity contribution in [3.63, 3.8) is 0 Å². The van der Waals surface area contributed by atoms with Crippen LogP contribution in [0.3, 0.4) is 0 Å². The standard InChI is InChI=1S/C26H39N5O6S/c1-5-14(2)22(26(36)37)31-23(33)19(10-11-38-4)29-24(34)20(30-25(35)21(27)15(3)32)12-16-13-28-18-9-7-6-8-17(16)18/h6-9,13-15,19-22,28,32H,5,10-12,27H2,1-4H3,(H,29,34)(H,30,35)(H,31,33)(H,36,37). The molecule has 0 bridgehead atoms. The Morgan fingerprint density at radius 1 is 1.03 bits per heavy atom. The summed E-state index contributed by atoms with van der Waals surface area (Å²) in [7, 11) is 0. The van der Waals surface area contributed by atoms with E-state index in [0.29, 0.717) is 12.2 Å². The number of para-hydroxylation sites is 1. The van der Waals surface area contributed by atoms with E-state index < -0.39 is 54.0 Å². The van der Waals surface area contributed by atoms with Crippen LogP contribution < -0.4 is 21.7 Å². The number of nitrogens with two attached hydrogens (primary N) is 1. The Hall–Kier alpha value is -3.09. The van der Waals surface area contributed by atoms with Crippen LogP contribution in [0.25, 0.3) is 10.9 Å². The summed E-state index contributed by atoms with van der Waals surface area (Å²) in [6, 6.07) is 3.01. The third-order valence-electron chi connectivity index (χ3n) is 6.57. The molecule has 0 aliphatic carbocycles. The number of aromatic amines is 1. The number of fused-ring (bicyclic) bond motifs is 1. The number of thioether (sulfide) groups is 1. The monoisotopic (exact) mass is 549 g/mol. The molecule has 0 spiro atoms. The minimum Gasteiger partial charge on any atom is -0.480 e. The third-order valence-corrected chi connectivity index (χ3v) is 7.22. The molecule has 0 aliphatic rings. The number of carbonyl (C=O) groups excluding carboxylic acids is 3. The van der Waals surface area contributed by atoms with Gasteiger partial charge in [-0.3, -0.25) is 14.4 Å². The Kier molecular flexibility index (Phi) is 12.1. The van der Waals surface area contributed by atoms with Crippen LogP contribution in [0.4, 0.5) is 0 Å². The van der Waals surface area contributed by atoms with Gasteiger partial charge in [0.25, 0.3) is 0 Å². The molecule has 2 aromatic rings. The van der Waals surface area contributed by atoms with Crippen LogP contribution in [-0.2, 0) is 25.6 Å². The molecule has 3 amide bonds. The van der Waals surface area contributed by atoms with Gasteiger partial charge in [0.05, 0.1) is 6.10 Å². The van der Waals surface area contributed by atoms with Crippen molar-refractivity contribution in [2.45, 2.75) is 70.3 Å². The van der Waals surface area contributed by atoms with Crippen molar-refractivity contribution in [1.82, 2.24) is 20.9 Å². The van der Waals surface area contributed by atoms with Gasteiger partial charge in [-0.1, -0.05) is 38.5 Å². The molecule has 2 rings (SSSR count). The number of H-pyrrole nitrogens is 1. The first-order chi connectivity index (χ1) is 18.0. The summed E-state index contributed by atoms with van der Waals surface area (Å²) in [4.78, 5) is 54.1. The molecule has 1 aromatic heterocycles. The Morgan fingerprint density at radius 3 is 2.26 bits per heavy atom. The number of nitrogens with one attached hydrogen (secondary N) is 4. The van der Waals surface area contributed by atoms with Gasteiger partial charge in [-0.25, -0.2) is 4.79 Å². The van der Waals surface area contributed by atoms with Crippen LogP contribution in [0.15, 0.2) is 30.5 Å². The average Bonchev–Trinajstić information content (AvgIpc) is 3.30. The summed E-state index contributed by atoms with van der Waals surface area (Å²) in [5.41, 5.74) is 7.41. The molecule has 38 heavy (non-hydrogen) atoms. The Labute approximate surface area is 226 Å². The van der Waals surface area contributed by atoms with Gasteiger partial charge in [0.1, 0.15) is 24.2 Å². The number of hydrogen-bond donors (Lipinski definition) is 7. The highest BCUT2D eigenvalue weighted by Gasteiger charge is 2.32. The van der Waals surface area contributed by atoms with Gasteiger partial charge in [-0.15, -0.1) is 0 Å². The number of aromatic nitrogens is 1. The molecule has 0 aliphatic heterocycles. The summed E-state index contributed by atoms with van der Waals surface area (Å²) in [5.74, 6) is -2.89. The van der Waals surface area contributed by atoms with E-state index in [1.165, 1.54) is 18.7 Å². The van der Waals surface area contributed by atoms with E-state index in [0.717, 1.165) is 16.5 Å². The number of carboxylic acid groups (broad SMARTS) is 1. The van der Waals surface area contributed by atoms with Crippen molar-refractivity contribution >= 4 is 46.4 Å². The van der Waals surface area contributed by atoms with Gasteiger partial charge in [0.15, 0.2) is 0 Å². The highest BCUT2D eigenvalue weighted by molar-refractivity contribution is 7.98. The maximum atomic E-state index is 13.5. The van der Waals surface area contributed by atoms with E-state index in [4.69, 9.17) is 5.73 Å². The first-order valence-corrected chi connectivity index (χ1v) is 14.0. The first kappa shape index (κ1) is 31.1. The first-order valence-electron chi connectivity index (χ1n) is 12.6. The van der Waals surface area contributed by atoms with E-state index in [9.17, 15) is 29.4 Å². The van der Waals surface area contributed by atoms with E-state index in [-0.39, 0.29) is 18.8 Å². The number of hydrogen-bond acceptors (Lipinski definition) is 7. The second-order valence-corrected chi connectivity index (χ2v) is 10.4. The summed E-state index contributed by atoms with van der Waals surface area (Å²) >= 11 is 1.48. The van der Waals surface area contributed by atoms with Crippen molar-refractivity contribution in [3.05, 3.63) is 36.0 Å². The van der Waals surface area contributed by atoms with Crippen LogP contribution in [0, 0.1) is 5.92 Å². The van der Waals surface area contributed by atoms with Crippen molar-refractivity contribution < 1.29 is 29.4 Å². The molecule has 0 saturated heterocycles. The minimum absolute atomic E-state index is 0.0929. The largest absolute Gasteiger partial charge is 0.480 e. The third kappa shape index (κ3) is 8.47. The molecule has 6 unspecified atom stereocenters. The molecule has 12 heteroatoms. The second-order valence-electron chi connectivity index (χ2n) is 9.44. The lowest BCUT2D eigenvalue weighted by atomic mass is 9.98. The predicted octanol–water partition coefficient (Wildman–Crippen LogP) is 0.757. The predicted molar refractivity (Wildman–Crippen MR) is 148 cm³/mol. The fourth-order valence-corrected chi connectivity index (χ4v) is 4.40. The fraction of sp³-hybridized carbons (Fsp3) is 0.538. The normalized spacial score (nSPS) is 16.1. The topological polar surface area (TPSA) is 187 Å². The summed E-state index contributed by atoms with van der Waals surface area (Å²) < 4.78 is 0. The molecule has 8 N–H and O–H groups in total. The highest BCUT2D eigenvalue weighted by atomic mass is 32.2. The molecular formula is C26H39N5O6S. The molecule has 0 saturated carbocycles. The Morgan fingerprint density at radius 2 is 1.66 bits per heavy atom. The quantitative estimate of drug-likeness (QED) is 0.170. The van der Waals surface area contributed by atoms with Crippen molar-refractivity contribution in [2.24, 2.45) is 11.7 Å². The molecule has 1 aromatic carbocycles. The number of aliphatic hydroxyl groups excluding tert-OH is 1. The molecule has 210 valence electrons. The fourth-order valence-electron chi connectivity index (χ4n) is 3.93. The van der Waals surface area contributed by atoms with Crippen molar-refractivity contribution in [2.75, 3.05) is 12.0 Å². The Bertz CT molecular complexity index is 1110. The lowest BCUT2D eigenvalue weighted by Crippen LogP contribution is -2.59. The van der Waals surface area contributed by atoms with Gasteiger partial charge in [-0.05, 0) is 42.9 Å². The van der Waals surface area contributed by atoms with Crippen LogP contribution in [0.2, 0.25) is 0 Å². The summed E-state index contributed by atoms with van der Waals surface area (Å²) in [6.07, 6.45) is 3.35. The smallest absolute Gasteiger partial charge is 0.326 e. The molecule has 0 fully saturated rings. The lowest BCUT2D eigenvalue weighted by Gasteiger charge is -2.26. The van der Waals surface area contributed by atoms with E-state index >= 15 is 0 Å². The zero-order valence-electron chi connectivity index (χ0n) is 22.2. The number of aliphatic carboxylic acids is 1. The maximum absolute atomic E-state index is 13.5. The van der Waals surface area contributed by atoms with E-state index in [2.05, 4.69) is 20.9 Å². The van der Waals surface area contributed by atoms with Gasteiger partial charge >= 0.3 is 5.97 Å². The second kappa shape index (κ2) is 14.7. The van der Waals surface area contributed by atoms with E-state index in [1.807, 2.05) is 37.4 Å².